The first-order chi connectivity index (χ1) is 14.4. The Kier molecular flexibility index (Phi) is 6.38. The minimum absolute atomic E-state index is 0.0104. The number of nitro benzene ring substituents is 1. The van der Waals surface area contributed by atoms with Gasteiger partial charge in [0.1, 0.15) is 6.29 Å². The second-order valence-corrected chi connectivity index (χ2v) is 8.18. The normalized spacial score (nSPS) is 11.3. The maximum Gasteiger partial charge on any atom is 0.269 e. The molecular weight excluding hydrogens is 404 g/mol. The largest absolute Gasteiger partial charge is 0.298 e. The first-order valence-electron chi connectivity index (χ1n) is 8.96. The number of hydrogen-bond donors (Lipinski definition) is 0. The van der Waals surface area contributed by atoms with Crippen LogP contribution in [0.25, 0.3) is 6.08 Å². The summed E-state index contributed by atoms with van der Waals surface area (Å²) < 4.78 is 27.7. The van der Waals surface area contributed by atoms with Crippen LogP contribution in [0.3, 0.4) is 0 Å². The fourth-order valence-electron chi connectivity index (χ4n) is 2.81. The van der Waals surface area contributed by atoms with Gasteiger partial charge in [0, 0.05) is 17.7 Å². The lowest BCUT2D eigenvalue weighted by Gasteiger charge is -2.23. The van der Waals surface area contributed by atoms with Crippen molar-refractivity contribution in [2.24, 2.45) is 0 Å². The van der Waals surface area contributed by atoms with E-state index in [9.17, 15) is 23.3 Å². The molecule has 0 unspecified atom stereocenters. The van der Waals surface area contributed by atoms with Gasteiger partial charge in [-0.1, -0.05) is 54.6 Å². The second-order valence-electron chi connectivity index (χ2n) is 6.31. The van der Waals surface area contributed by atoms with Crippen LogP contribution < -0.4 is 4.31 Å². The zero-order valence-electron chi connectivity index (χ0n) is 15.8. The molecule has 30 heavy (non-hydrogen) atoms. The molecule has 0 fully saturated rings. The predicted octanol–water partition coefficient (Wildman–Crippen LogP) is 4.32. The maximum absolute atomic E-state index is 13.3. The van der Waals surface area contributed by atoms with Gasteiger partial charge in [-0.25, -0.2) is 8.42 Å². The van der Waals surface area contributed by atoms with Crippen molar-refractivity contribution < 1.29 is 18.1 Å². The van der Waals surface area contributed by atoms with Crippen molar-refractivity contribution in [3.8, 4) is 0 Å². The Labute approximate surface area is 174 Å². The maximum atomic E-state index is 13.3. The predicted molar refractivity (Wildman–Crippen MR) is 115 cm³/mol. The summed E-state index contributed by atoms with van der Waals surface area (Å²) in [5.41, 5.74) is 1.36. The average Bonchev–Trinajstić information content (AvgIpc) is 2.77. The lowest BCUT2D eigenvalue weighted by molar-refractivity contribution is -0.384. The van der Waals surface area contributed by atoms with Gasteiger partial charge < -0.3 is 0 Å². The van der Waals surface area contributed by atoms with E-state index < -0.39 is 14.9 Å². The molecule has 0 aliphatic rings. The van der Waals surface area contributed by atoms with Crippen molar-refractivity contribution in [3.05, 3.63) is 106 Å². The molecule has 0 heterocycles. The second kappa shape index (κ2) is 9.15. The first-order valence-corrected chi connectivity index (χ1v) is 10.4. The number of nitro groups is 1. The summed E-state index contributed by atoms with van der Waals surface area (Å²) >= 11 is 0. The van der Waals surface area contributed by atoms with Gasteiger partial charge in [-0.05, 0) is 29.8 Å². The molecule has 0 radical (unpaired) electrons. The molecule has 7 nitrogen and oxygen atoms in total. The van der Waals surface area contributed by atoms with Crippen molar-refractivity contribution in [2.45, 2.75) is 4.90 Å². The van der Waals surface area contributed by atoms with Crippen LogP contribution in [-0.2, 0) is 10.0 Å². The highest BCUT2D eigenvalue weighted by Crippen LogP contribution is 2.26. The Bertz CT molecular complexity index is 1170. The highest BCUT2D eigenvalue weighted by Gasteiger charge is 2.25. The van der Waals surface area contributed by atoms with Crippen LogP contribution in [-0.4, -0.2) is 26.2 Å². The number of anilines is 1. The third kappa shape index (κ3) is 4.79. The van der Waals surface area contributed by atoms with Gasteiger partial charge in [0.15, 0.2) is 0 Å². The van der Waals surface area contributed by atoms with Crippen LogP contribution in [0.15, 0.2) is 89.8 Å². The van der Waals surface area contributed by atoms with Crippen LogP contribution in [0.5, 0.6) is 0 Å². The number of carbonyl (C=O) groups is 1. The minimum Gasteiger partial charge on any atom is -0.298 e. The van der Waals surface area contributed by atoms with Gasteiger partial charge in [0.25, 0.3) is 15.7 Å². The summed E-state index contributed by atoms with van der Waals surface area (Å²) in [6.07, 6.45) is 4.13. The molecule has 0 aliphatic carbocycles. The standard InChI is InChI=1S/C22H18N2O5S/c25-17-19-8-4-10-21(16-19)23(15-5-9-18-6-2-1-3-7-18)30(28,29)22-13-11-20(12-14-22)24(26)27/h1-14,16-17H,15H2/b9-5+. The van der Waals surface area contributed by atoms with E-state index in [0.29, 0.717) is 17.5 Å². The van der Waals surface area contributed by atoms with E-state index >= 15 is 0 Å². The van der Waals surface area contributed by atoms with Crippen LogP contribution in [0.1, 0.15) is 15.9 Å². The fourth-order valence-corrected chi connectivity index (χ4v) is 4.22. The number of sulfonamides is 1. The van der Waals surface area contributed by atoms with Crippen LogP contribution in [0.4, 0.5) is 11.4 Å². The third-order valence-corrected chi connectivity index (χ3v) is 6.12. The van der Waals surface area contributed by atoms with E-state index in [-0.39, 0.29) is 17.1 Å². The fraction of sp³-hybridized carbons (Fsp3) is 0.0455. The van der Waals surface area contributed by atoms with Crippen LogP contribution in [0, 0.1) is 10.1 Å². The molecule has 0 saturated carbocycles. The Morgan fingerprint density at radius 2 is 1.57 bits per heavy atom. The summed E-state index contributed by atoms with van der Waals surface area (Å²) in [5.74, 6) is 0. The van der Waals surface area contributed by atoms with Crippen molar-refractivity contribution in [1.29, 1.82) is 0 Å². The van der Waals surface area contributed by atoms with Gasteiger partial charge in [0.2, 0.25) is 0 Å². The lowest BCUT2D eigenvalue weighted by atomic mass is 10.2. The molecule has 3 aromatic rings. The van der Waals surface area contributed by atoms with Crippen LogP contribution >= 0.6 is 0 Å². The first kappa shape index (κ1) is 20.9. The van der Waals surface area contributed by atoms with Gasteiger partial charge in [-0.2, -0.15) is 0 Å². The summed E-state index contributed by atoms with van der Waals surface area (Å²) in [6.45, 7) is 0.0104. The van der Waals surface area contributed by atoms with Crippen molar-refractivity contribution >= 4 is 33.8 Å². The molecule has 0 N–H and O–H groups in total. The summed E-state index contributed by atoms with van der Waals surface area (Å²) in [7, 11) is -4.03. The van der Waals surface area contributed by atoms with Gasteiger partial charge >= 0.3 is 0 Å². The highest BCUT2D eigenvalue weighted by molar-refractivity contribution is 7.92. The number of rotatable bonds is 8. The summed E-state index contributed by atoms with van der Waals surface area (Å²) in [5, 5.41) is 10.9. The zero-order valence-corrected chi connectivity index (χ0v) is 16.6. The number of hydrogen-bond acceptors (Lipinski definition) is 5. The Morgan fingerprint density at radius 3 is 2.20 bits per heavy atom. The van der Waals surface area contributed by atoms with E-state index in [0.717, 1.165) is 22.0 Å². The monoisotopic (exact) mass is 422 g/mol. The lowest BCUT2D eigenvalue weighted by Crippen LogP contribution is -2.31. The van der Waals surface area contributed by atoms with Crippen LogP contribution in [0.2, 0.25) is 0 Å². The van der Waals surface area contributed by atoms with E-state index in [4.69, 9.17) is 0 Å². The van der Waals surface area contributed by atoms with E-state index in [2.05, 4.69) is 0 Å². The zero-order chi connectivity index (χ0) is 21.6. The Morgan fingerprint density at radius 1 is 0.900 bits per heavy atom. The number of benzene rings is 3. The van der Waals surface area contributed by atoms with Gasteiger partial charge in [-0.15, -0.1) is 0 Å². The van der Waals surface area contributed by atoms with Crippen molar-refractivity contribution in [3.63, 3.8) is 0 Å². The molecule has 8 heteroatoms. The molecule has 0 spiro atoms. The molecule has 152 valence electrons. The Balaban J connectivity index is 1.99. The topological polar surface area (TPSA) is 97.6 Å². The molecule has 0 amide bonds. The molecule has 3 aromatic carbocycles. The average molecular weight is 422 g/mol. The molecule has 0 aliphatic heterocycles. The van der Waals surface area contributed by atoms with E-state index in [1.165, 1.54) is 18.2 Å². The molecule has 0 aromatic heterocycles. The number of non-ortho nitro benzene ring substituents is 1. The number of aldehydes is 1. The molecule has 3 rings (SSSR count). The van der Waals surface area contributed by atoms with Gasteiger partial charge in [0.05, 0.1) is 22.1 Å². The van der Waals surface area contributed by atoms with Crippen molar-refractivity contribution in [1.82, 2.24) is 0 Å². The Hall–Kier alpha value is -3.78. The minimum atomic E-state index is -4.03. The molecular formula is C22H18N2O5S. The molecule has 0 bridgehead atoms. The molecule has 0 saturated heterocycles. The SMILES string of the molecule is O=Cc1cccc(N(C/C=C/c2ccccc2)S(=O)(=O)c2ccc([N+](=O)[O-])cc2)c1. The summed E-state index contributed by atoms with van der Waals surface area (Å²) in [4.78, 5) is 21.3. The number of nitrogens with zero attached hydrogens (tertiary/aromatic N) is 2. The smallest absolute Gasteiger partial charge is 0.269 e. The number of carbonyl (C=O) groups excluding carboxylic acids is 1. The third-order valence-electron chi connectivity index (χ3n) is 4.31. The summed E-state index contributed by atoms with van der Waals surface area (Å²) in [6, 6.07) is 20.3. The van der Waals surface area contributed by atoms with E-state index in [1.807, 2.05) is 30.3 Å². The quantitative estimate of drug-likeness (QED) is 0.306. The highest BCUT2D eigenvalue weighted by atomic mass is 32.2. The van der Waals surface area contributed by atoms with E-state index in [1.54, 1.807) is 30.4 Å². The molecule has 0 atom stereocenters. The van der Waals surface area contributed by atoms with Crippen molar-refractivity contribution in [2.75, 3.05) is 10.8 Å². The van der Waals surface area contributed by atoms with Gasteiger partial charge in [-0.3, -0.25) is 19.2 Å².